The van der Waals surface area contributed by atoms with Crippen molar-refractivity contribution in [1.82, 2.24) is 10.6 Å². The number of hydrogen-bond acceptors (Lipinski definition) is 2. The maximum Gasteiger partial charge on any atom is 0.220 e. The third kappa shape index (κ3) is 6.77. The molecular weight excluding hydrogens is 235 g/mol. The van der Waals surface area contributed by atoms with Gasteiger partial charge in [0.2, 0.25) is 5.91 Å². The highest BCUT2D eigenvalue weighted by atomic mass is 35.5. The second-order valence-corrected chi connectivity index (χ2v) is 4.23. The molecule has 3 nitrogen and oxygen atoms in total. The van der Waals surface area contributed by atoms with E-state index in [1.807, 2.05) is 0 Å². The van der Waals surface area contributed by atoms with Gasteiger partial charge in [-0.25, -0.2) is 0 Å². The van der Waals surface area contributed by atoms with E-state index in [9.17, 15) is 4.79 Å². The molecule has 0 atom stereocenters. The molecule has 1 amide bonds. The molecule has 1 heterocycles. The van der Waals surface area contributed by atoms with Gasteiger partial charge in [-0.3, -0.25) is 4.79 Å². The molecule has 1 fully saturated rings. The van der Waals surface area contributed by atoms with Crippen LogP contribution in [-0.4, -0.2) is 25.5 Å². The number of carbonyl (C=O) groups is 1. The Bertz CT molecular complexity index is 215. The smallest absolute Gasteiger partial charge is 0.220 e. The Morgan fingerprint density at radius 2 is 2.07 bits per heavy atom. The van der Waals surface area contributed by atoms with Crippen molar-refractivity contribution in [2.45, 2.75) is 19.3 Å². The van der Waals surface area contributed by atoms with E-state index in [-0.39, 0.29) is 18.3 Å². The summed E-state index contributed by atoms with van der Waals surface area (Å²) in [5, 5.41) is 6.49. The summed E-state index contributed by atoms with van der Waals surface area (Å²) in [5.41, 5.74) is 0. The zero-order valence-corrected chi connectivity index (χ0v) is 10.3. The van der Waals surface area contributed by atoms with Crippen molar-refractivity contribution in [3.05, 3.63) is 11.6 Å². The monoisotopic (exact) mass is 252 g/mol. The Hall–Kier alpha value is -0.250. The fraction of sp³-hybridized carbons (Fsp3) is 0.700. The summed E-state index contributed by atoms with van der Waals surface area (Å²) in [6.07, 6.45) is 2.80. The number of carbonyl (C=O) groups excluding carboxylic acids is 1. The van der Waals surface area contributed by atoms with E-state index in [4.69, 9.17) is 11.6 Å². The molecule has 0 aromatic carbocycles. The van der Waals surface area contributed by atoms with Crippen LogP contribution in [0.2, 0.25) is 0 Å². The van der Waals surface area contributed by atoms with Crippen molar-refractivity contribution in [2.24, 2.45) is 5.92 Å². The lowest BCUT2D eigenvalue weighted by molar-refractivity contribution is -0.122. The summed E-state index contributed by atoms with van der Waals surface area (Å²) in [6.45, 7) is 5.95. The fourth-order valence-electron chi connectivity index (χ4n) is 1.61. The molecule has 88 valence electrons. The molecule has 5 heteroatoms. The minimum atomic E-state index is 0. The Morgan fingerprint density at radius 1 is 1.47 bits per heavy atom. The van der Waals surface area contributed by atoms with Gasteiger partial charge in [0.25, 0.3) is 0 Å². The van der Waals surface area contributed by atoms with Crippen LogP contribution in [0.3, 0.4) is 0 Å². The molecule has 0 aliphatic carbocycles. The lowest BCUT2D eigenvalue weighted by Gasteiger charge is -2.21. The first-order chi connectivity index (χ1) is 6.68. The van der Waals surface area contributed by atoms with E-state index in [2.05, 4.69) is 17.2 Å². The van der Waals surface area contributed by atoms with Crippen molar-refractivity contribution in [1.29, 1.82) is 0 Å². The van der Waals surface area contributed by atoms with Crippen molar-refractivity contribution >= 4 is 29.9 Å². The number of hydrogen-bond donors (Lipinski definition) is 2. The van der Waals surface area contributed by atoms with Gasteiger partial charge in [-0.1, -0.05) is 18.2 Å². The second kappa shape index (κ2) is 7.97. The first-order valence-electron chi connectivity index (χ1n) is 4.99. The van der Waals surface area contributed by atoms with Crippen LogP contribution in [0.5, 0.6) is 0 Å². The summed E-state index contributed by atoms with van der Waals surface area (Å²) < 4.78 is 0. The highest BCUT2D eigenvalue weighted by molar-refractivity contribution is 6.29. The van der Waals surface area contributed by atoms with E-state index in [0.717, 1.165) is 25.9 Å². The van der Waals surface area contributed by atoms with Gasteiger partial charge < -0.3 is 10.6 Å². The molecule has 1 aliphatic rings. The normalized spacial score (nSPS) is 16.6. The Labute approximate surface area is 102 Å². The molecule has 1 rings (SSSR count). The van der Waals surface area contributed by atoms with E-state index >= 15 is 0 Å². The van der Waals surface area contributed by atoms with Gasteiger partial charge in [0.15, 0.2) is 0 Å². The molecule has 0 aromatic heterocycles. The van der Waals surface area contributed by atoms with Gasteiger partial charge in [-0.05, 0) is 31.8 Å². The molecule has 1 saturated heterocycles. The SMILES string of the molecule is C=C(Cl)CNC(=O)CC1CCNCC1.Cl. The van der Waals surface area contributed by atoms with E-state index in [1.54, 1.807) is 0 Å². The number of nitrogens with one attached hydrogen (secondary N) is 2. The van der Waals surface area contributed by atoms with Gasteiger partial charge in [0.05, 0.1) is 6.54 Å². The zero-order valence-electron chi connectivity index (χ0n) is 8.72. The lowest BCUT2D eigenvalue weighted by atomic mass is 9.94. The first-order valence-corrected chi connectivity index (χ1v) is 5.37. The standard InChI is InChI=1S/C10H17ClN2O.ClH/c1-8(11)7-13-10(14)6-9-2-4-12-5-3-9;/h9,12H,1-7H2,(H,13,14);1H. The summed E-state index contributed by atoms with van der Waals surface area (Å²) in [7, 11) is 0. The topological polar surface area (TPSA) is 41.1 Å². The largest absolute Gasteiger partial charge is 0.351 e. The molecule has 0 radical (unpaired) electrons. The van der Waals surface area contributed by atoms with Crippen LogP contribution in [0.1, 0.15) is 19.3 Å². The van der Waals surface area contributed by atoms with Crippen molar-refractivity contribution < 1.29 is 4.79 Å². The Balaban J connectivity index is 0.00000196. The molecule has 15 heavy (non-hydrogen) atoms. The van der Waals surface area contributed by atoms with Crippen molar-refractivity contribution in [3.8, 4) is 0 Å². The molecular formula is C10H18Cl2N2O. The van der Waals surface area contributed by atoms with Crippen LogP contribution in [-0.2, 0) is 4.79 Å². The Morgan fingerprint density at radius 3 is 2.60 bits per heavy atom. The average molecular weight is 253 g/mol. The van der Waals surface area contributed by atoms with Crippen LogP contribution < -0.4 is 10.6 Å². The number of halogens is 2. The van der Waals surface area contributed by atoms with Crippen LogP contribution in [0, 0.1) is 5.92 Å². The predicted molar refractivity (Wildman–Crippen MR) is 65.5 cm³/mol. The van der Waals surface area contributed by atoms with Gasteiger partial charge >= 0.3 is 0 Å². The average Bonchev–Trinajstić information content (AvgIpc) is 2.16. The predicted octanol–water partition coefficient (Wildman–Crippen LogP) is 1.67. The fourth-order valence-corrected chi connectivity index (χ4v) is 1.68. The molecule has 0 spiro atoms. The Kier molecular flexibility index (Phi) is 7.83. The van der Waals surface area contributed by atoms with Crippen LogP contribution >= 0.6 is 24.0 Å². The molecule has 0 bridgehead atoms. The number of rotatable bonds is 4. The van der Waals surface area contributed by atoms with Crippen molar-refractivity contribution in [2.75, 3.05) is 19.6 Å². The zero-order chi connectivity index (χ0) is 10.4. The highest BCUT2D eigenvalue weighted by Crippen LogP contribution is 2.15. The first kappa shape index (κ1) is 14.8. The maximum absolute atomic E-state index is 11.4. The molecule has 0 saturated carbocycles. The third-order valence-corrected chi connectivity index (χ3v) is 2.54. The number of amides is 1. The van der Waals surface area contributed by atoms with Crippen LogP contribution in [0.15, 0.2) is 11.6 Å². The maximum atomic E-state index is 11.4. The number of piperidine rings is 1. The van der Waals surface area contributed by atoms with Gasteiger partial charge in [-0.15, -0.1) is 12.4 Å². The minimum Gasteiger partial charge on any atom is -0.351 e. The highest BCUT2D eigenvalue weighted by Gasteiger charge is 2.16. The summed E-state index contributed by atoms with van der Waals surface area (Å²) in [4.78, 5) is 11.4. The second-order valence-electron chi connectivity index (χ2n) is 3.69. The van der Waals surface area contributed by atoms with Gasteiger partial charge in [0.1, 0.15) is 0 Å². The lowest BCUT2D eigenvalue weighted by Crippen LogP contribution is -2.32. The minimum absolute atomic E-state index is 0. The van der Waals surface area contributed by atoms with Gasteiger partial charge in [-0.2, -0.15) is 0 Å². The molecule has 0 unspecified atom stereocenters. The molecule has 0 aromatic rings. The quantitative estimate of drug-likeness (QED) is 0.800. The summed E-state index contributed by atoms with van der Waals surface area (Å²) in [5.74, 6) is 0.610. The van der Waals surface area contributed by atoms with Gasteiger partial charge in [0, 0.05) is 11.5 Å². The van der Waals surface area contributed by atoms with Crippen LogP contribution in [0.25, 0.3) is 0 Å². The summed E-state index contributed by atoms with van der Waals surface area (Å²) >= 11 is 5.55. The third-order valence-electron chi connectivity index (χ3n) is 2.41. The van der Waals surface area contributed by atoms with E-state index in [1.165, 1.54) is 0 Å². The van der Waals surface area contributed by atoms with E-state index < -0.39 is 0 Å². The van der Waals surface area contributed by atoms with E-state index in [0.29, 0.717) is 23.9 Å². The van der Waals surface area contributed by atoms with Crippen LogP contribution in [0.4, 0.5) is 0 Å². The van der Waals surface area contributed by atoms with Crippen molar-refractivity contribution in [3.63, 3.8) is 0 Å². The molecule has 2 N–H and O–H groups in total. The summed E-state index contributed by atoms with van der Waals surface area (Å²) in [6, 6.07) is 0. The molecule has 1 aliphatic heterocycles.